The standard InChI is InChI=1S/C21H32N2O3/c24-20(4-1-15(2-5-20)3-7-23-8-6-22-14-23)26-21(25)18-10-16-9-17(12-18)13-19(21)11-16/h6,8,14-19,24-25H,1-5,7,9-13H2. The van der Waals surface area contributed by atoms with Crippen molar-refractivity contribution in [3.8, 4) is 0 Å². The van der Waals surface area contributed by atoms with Crippen LogP contribution in [0.1, 0.15) is 64.2 Å². The van der Waals surface area contributed by atoms with Gasteiger partial charge in [0.2, 0.25) is 0 Å². The molecular formula is C21H32N2O3. The van der Waals surface area contributed by atoms with E-state index in [1.54, 1.807) is 0 Å². The summed E-state index contributed by atoms with van der Waals surface area (Å²) in [6.07, 6.45) is 15.8. The van der Waals surface area contributed by atoms with Gasteiger partial charge < -0.3 is 19.5 Å². The molecule has 0 spiro atoms. The number of aryl methyl sites for hydroxylation is 1. The molecule has 0 amide bonds. The predicted octanol–water partition coefficient (Wildman–Crippen LogP) is 3.31. The van der Waals surface area contributed by atoms with E-state index < -0.39 is 11.6 Å². The molecule has 5 aliphatic rings. The van der Waals surface area contributed by atoms with Crippen molar-refractivity contribution in [2.45, 2.75) is 82.3 Å². The van der Waals surface area contributed by atoms with Crippen LogP contribution in [0, 0.1) is 29.6 Å². The number of imidazole rings is 1. The van der Waals surface area contributed by atoms with Gasteiger partial charge in [0.1, 0.15) is 0 Å². The van der Waals surface area contributed by atoms with Crippen LogP contribution in [-0.4, -0.2) is 31.3 Å². The zero-order chi connectivity index (χ0) is 17.8. The summed E-state index contributed by atoms with van der Waals surface area (Å²) in [5.74, 6) is 0.462. The summed E-state index contributed by atoms with van der Waals surface area (Å²) in [6.45, 7) is 0.987. The van der Waals surface area contributed by atoms with Gasteiger partial charge in [-0.1, -0.05) is 0 Å². The molecule has 5 nitrogen and oxygen atoms in total. The fourth-order valence-corrected chi connectivity index (χ4v) is 6.60. The summed E-state index contributed by atoms with van der Waals surface area (Å²) in [7, 11) is 0. The minimum absolute atomic E-state index is 0.238. The van der Waals surface area contributed by atoms with Gasteiger partial charge >= 0.3 is 0 Å². The van der Waals surface area contributed by atoms with E-state index in [2.05, 4.69) is 9.55 Å². The summed E-state index contributed by atoms with van der Waals surface area (Å²) < 4.78 is 8.36. The molecule has 6 rings (SSSR count). The lowest BCUT2D eigenvalue weighted by Crippen LogP contribution is -2.62. The number of rotatable bonds is 5. The fourth-order valence-electron chi connectivity index (χ4n) is 6.60. The van der Waals surface area contributed by atoms with E-state index in [-0.39, 0.29) is 11.8 Å². The number of nitrogens with zero attached hydrogens (tertiary/aromatic N) is 2. The number of aliphatic hydroxyl groups is 2. The molecule has 2 N–H and O–H groups in total. The third-order valence-electron chi connectivity index (χ3n) is 7.90. The van der Waals surface area contributed by atoms with Crippen molar-refractivity contribution in [2.24, 2.45) is 29.6 Å². The Kier molecular flexibility index (Phi) is 4.18. The van der Waals surface area contributed by atoms with E-state index >= 15 is 0 Å². The summed E-state index contributed by atoms with van der Waals surface area (Å²) in [5.41, 5.74) is 0. The molecule has 0 aliphatic heterocycles. The van der Waals surface area contributed by atoms with Crippen molar-refractivity contribution >= 4 is 0 Å². The highest BCUT2D eigenvalue weighted by Gasteiger charge is 2.60. The number of hydrogen-bond acceptors (Lipinski definition) is 4. The Hall–Kier alpha value is -0.910. The van der Waals surface area contributed by atoms with Crippen LogP contribution in [0.4, 0.5) is 0 Å². The van der Waals surface area contributed by atoms with E-state index in [0.29, 0.717) is 18.8 Å². The molecule has 5 saturated carbocycles. The average molecular weight is 360 g/mol. The zero-order valence-corrected chi connectivity index (χ0v) is 15.6. The Balaban J connectivity index is 1.19. The van der Waals surface area contributed by atoms with Crippen LogP contribution in [0.5, 0.6) is 0 Å². The largest absolute Gasteiger partial charge is 0.365 e. The Labute approximate surface area is 155 Å². The predicted molar refractivity (Wildman–Crippen MR) is 96.8 cm³/mol. The molecule has 1 aromatic rings. The molecule has 0 radical (unpaired) electrons. The van der Waals surface area contributed by atoms with Gasteiger partial charge in [-0.2, -0.15) is 0 Å². The first-order valence-electron chi connectivity index (χ1n) is 10.6. The van der Waals surface area contributed by atoms with Crippen molar-refractivity contribution in [1.29, 1.82) is 0 Å². The van der Waals surface area contributed by atoms with Gasteiger partial charge in [0, 0.05) is 43.6 Å². The molecule has 5 aliphatic carbocycles. The van der Waals surface area contributed by atoms with Gasteiger partial charge in [0.15, 0.2) is 11.6 Å². The quantitative estimate of drug-likeness (QED) is 0.791. The van der Waals surface area contributed by atoms with Gasteiger partial charge in [-0.15, -0.1) is 0 Å². The lowest BCUT2D eigenvalue weighted by molar-refractivity contribution is -0.401. The zero-order valence-electron chi connectivity index (χ0n) is 15.6. The Bertz CT molecular complexity index is 593. The van der Waals surface area contributed by atoms with Crippen LogP contribution in [0.2, 0.25) is 0 Å². The molecule has 26 heavy (non-hydrogen) atoms. The maximum atomic E-state index is 11.4. The summed E-state index contributed by atoms with van der Waals surface area (Å²) in [6, 6.07) is 0. The molecular weight excluding hydrogens is 328 g/mol. The van der Waals surface area contributed by atoms with Crippen molar-refractivity contribution in [2.75, 3.05) is 0 Å². The monoisotopic (exact) mass is 360 g/mol. The first-order valence-corrected chi connectivity index (χ1v) is 10.6. The summed E-state index contributed by atoms with van der Waals surface area (Å²) in [5, 5.41) is 22.5. The van der Waals surface area contributed by atoms with Crippen molar-refractivity contribution in [1.82, 2.24) is 9.55 Å². The van der Waals surface area contributed by atoms with Gasteiger partial charge in [-0.05, 0) is 69.1 Å². The Morgan fingerprint density at radius 3 is 2.23 bits per heavy atom. The third-order valence-corrected chi connectivity index (χ3v) is 7.90. The average Bonchev–Trinajstić information content (AvgIpc) is 3.12. The van der Waals surface area contributed by atoms with Crippen LogP contribution in [0.25, 0.3) is 0 Å². The normalized spacial score (nSPS) is 47.4. The van der Waals surface area contributed by atoms with Crippen LogP contribution in [0.3, 0.4) is 0 Å². The van der Waals surface area contributed by atoms with Crippen LogP contribution in [-0.2, 0) is 11.3 Å². The number of aromatic nitrogens is 2. The maximum Gasteiger partial charge on any atom is 0.174 e. The van der Waals surface area contributed by atoms with Crippen molar-refractivity contribution in [3.63, 3.8) is 0 Å². The van der Waals surface area contributed by atoms with E-state index in [4.69, 9.17) is 4.74 Å². The highest BCUT2D eigenvalue weighted by molar-refractivity contribution is 5.03. The van der Waals surface area contributed by atoms with Gasteiger partial charge in [-0.3, -0.25) is 0 Å². The molecule has 0 aromatic carbocycles. The third kappa shape index (κ3) is 3.02. The van der Waals surface area contributed by atoms with E-state index in [0.717, 1.165) is 63.3 Å². The molecule has 5 fully saturated rings. The van der Waals surface area contributed by atoms with Gasteiger partial charge in [0.05, 0.1) is 6.33 Å². The minimum atomic E-state index is -1.13. The molecule has 0 atom stereocenters. The van der Waals surface area contributed by atoms with Crippen molar-refractivity contribution < 1.29 is 14.9 Å². The molecule has 5 heteroatoms. The molecule has 144 valence electrons. The molecule has 1 aromatic heterocycles. The number of hydrogen-bond donors (Lipinski definition) is 2. The molecule has 1 heterocycles. The van der Waals surface area contributed by atoms with Crippen LogP contribution in [0.15, 0.2) is 18.7 Å². The van der Waals surface area contributed by atoms with Gasteiger partial charge in [0.25, 0.3) is 0 Å². The lowest BCUT2D eigenvalue weighted by atomic mass is 9.53. The molecule has 0 saturated heterocycles. The van der Waals surface area contributed by atoms with E-state index in [1.165, 1.54) is 6.42 Å². The highest BCUT2D eigenvalue weighted by Crippen LogP contribution is 2.59. The Morgan fingerprint density at radius 1 is 1.00 bits per heavy atom. The first kappa shape index (κ1) is 17.2. The SMILES string of the molecule is OC1(OC2(O)C3CC4CC(C3)CC2C4)CCC(CCn2ccnc2)CC1. The smallest absolute Gasteiger partial charge is 0.174 e. The number of ether oxygens (including phenoxy) is 1. The maximum absolute atomic E-state index is 11.4. The fraction of sp³-hybridized carbons (Fsp3) is 0.857. The minimum Gasteiger partial charge on any atom is -0.365 e. The Morgan fingerprint density at radius 2 is 1.65 bits per heavy atom. The highest BCUT2D eigenvalue weighted by atomic mass is 16.7. The first-order chi connectivity index (χ1) is 12.5. The lowest BCUT2D eigenvalue weighted by Gasteiger charge is -2.59. The second kappa shape index (κ2) is 6.32. The van der Waals surface area contributed by atoms with Crippen molar-refractivity contribution in [3.05, 3.63) is 18.7 Å². The molecule has 0 unspecified atom stereocenters. The van der Waals surface area contributed by atoms with Crippen LogP contribution < -0.4 is 0 Å². The van der Waals surface area contributed by atoms with E-state index in [1.807, 2.05) is 18.7 Å². The summed E-state index contributed by atoms with van der Waals surface area (Å²) >= 11 is 0. The van der Waals surface area contributed by atoms with Gasteiger partial charge in [-0.25, -0.2) is 4.98 Å². The second-order valence-corrected chi connectivity index (χ2v) is 9.64. The second-order valence-electron chi connectivity index (χ2n) is 9.64. The molecule has 4 bridgehead atoms. The summed E-state index contributed by atoms with van der Waals surface area (Å²) in [4.78, 5) is 4.09. The van der Waals surface area contributed by atoms with Crippen LogP contribution >= 0.6 is 0 Å². The van der Waals surface area contributed by atoms with E-state index in [9.17, 15) is 10.2 Å². The topological polar surface area (TPSA) is 67.5 Å².